The fourth-order valence-corrected chi connectivity index (χ4v) is 2.59. The second-order valence-electron chi connectivity index (χ2n) is 3.88. The largest absolute Gasteiger partial charge is 0.496 e. The van der Waals surface area contributed by atoms with E-state index in [1.54, 1.807) is 14.2 Å². The molecule has 3 nitrogen and oxygen atoms in total. The van der Waals surface area contributed by atoms with Crippen LogP contribution in [0.3, 0.4) is 0 Å². The highest BCUT2D eigenvalue weighted by Crippen LogP contribution is 2.38. The van der Waals surface area contributed by atoms with Gasteiger partial charge in [-0.15, -0.1) is 12.4 Å². The van der Waals surface area contributed by atoms with Crippen LogP contribution >= 0.6 is 28.3 Å². The van der Waals surface area contributed by atoms with E-state index in [4.69, 9.17) is 9.47 Å². The van der Waals surface area contributed by atoms with E-state index in [0.29, 0.717) is 6.04 Å². The lowest BCUT2D eigenvalue weighted by Gasteiger charge is -2.17. The van der Waals surface area contributed by atoms with Gasteiger partial charge >= 0.3 is 0 Å². The summed E-state index contributed by atoms with van der Waals surface area (Å²) < 4.78 is 11.7. The molecular weight excluding hydrogens is 305 g/mol. The molecule has 0 unspecified atom stereocenters. The van der Waals surface area contributed by atoms with Gasteiger partial charge in [-0.2, -0.15) is 0 Å². The normalized spacial score (nSPS) is 18.6. The Balaban J connectivity index is 0.00000144. The summed E-state index contributed by atoms with van der Waals surface area (Å²) in [6, 6.07) is 4.40. The summed E-state index contributed by atoms with van der Waals surface area (Å²) in [6.45, 7) is 1.08. The Morgan fingerprint density at radius 3 is 2.47 bits per heavy atom. The third-order valence-corrected chi connectivity index (χ3v) is 3.56. The molecule has 0 amide bonds. The van der Waals surface area contributed by atoms with Crippen molar-refractivity contribution >= 4 is 28.3 Å². The summed E-state index contributed by atoms with van der Waals surface area (Å²) in [6.07, 6.45) is 2.37. The minimum atomic E-state index is 0. The molecule has 2 rings (SSSR count). The van der Waals surface area contributed by atoms with Crippen LogP contribution in [0.2, 0.25) is 0 Å². The smallest absolute Gasteiger partial charge is 0.133 e. The van der Waals surface area contributed by atoms with Crippen molar-refractivity contribution in [2.75, 3.05) is 20.8 Å². The summed E-state index contributed by atoms with van der Waals surface area (Å²) in [5, 5.41) is 3.47. The Morgan fingerprint density at radius 2 is 1.94 bits per heavy atom. The first kappa shape index (κ1) is 14.6. The molecule has 0 spiro atoms. The zero-order chi connectivity index (χ0) is 11.5. The van der Waals surface area contributed by atoms with E-state index in [2.05, 4.69) is 21.2 Å². The lowest BCUT2D eigenvalue weighted by Crippen LogP contribution is -2.14. The van der Waals surface area contributed by atoms with E-state index in [0.717, 1.165) is 28.9 Å². The summed E-state index contributed by atoms with van der Waals surface area (Å²) >= 11 is 3.47. The third-order valence-electron chi connectivity index (χ3n) is 2.94. The van der Waals surface area contributed by atoms with Gasteiger partial charge < -0.3 is 14.8 Å². The Kier molecular flexibility index (Phi) is 5.56. The number of halogens is 2. The Labute approximate surface area is 116 Å². The number of benzene rings is 1. The maximum atomic E-state index is 5.41. The van der Waals surface area contributed by atoms with Crippen molar-refractivity contribution in [3.05, 3.63) is 22.2 Å². The van der Waals surface area contributed by atoms with Crippen molar-refractivity contribution in [2.45, 2.75) is 18.9 Å². The summed E-state index contributed by atoms with van der Waals surface area (Å²) in [7, 11) is 3.38. The van der Waals surface area contributed by atoms with Crippen LogP contribution in [-0.2, 0) is 0 Å². The van der Waals surface area contributed by atoms with Crippen LogP contribution in [-0.4, -0.2) is 20.8 Å². The standard InChI is InChI=1S/C12H16BrNO2.ClH/c1-15-11-7-9(13)12(16-2)6-8(11)10-4-3-5-14-10;/h6-7,10,14H,3-5H2,1-2H3;1H/t10-;/m1./s1. The Bertz CT molecular complexity index is 381. The molecule has 0 aliphatic carbocycles. The van der Waals surface area contributed by atoms with E-state index in [1.807, 2.05) is 12.1 Å². The molecule has 96 valence electrons. The van der Waals surface area contributed by atoms with Gasteiger partial charge in [-0.05, 0) is 47.4 Å². The number of hydrogen-bond acceptors (Lipinski definition) is 3. The number of hydrogen-bond donors (Lipinski definition) is 1. The van der Waals surface area contributed by atoms with E-state index in [9.17, 15) is 0 Å². The zero-order valence-electron chi connectivity index (χ0n) is 9.96. The molecule has 0 aromatic heterocycles. The minimum Gasteiger partial charge on any atom is -0.496 e. The quantitative estimate of drug-likeness (QED) is 0.926. The molecule has 1 aliphatic rings. The minimum absolute atomic E-state index is 0. The average molecular weight is 323 g/mol. The van der Waals surface area contributed by atoms with Gasteiger partial charge in [0.1, 0.15) is 11.5 Å². The van der Waals surface area contributed by atoms with E-state index in [-0.39, 0.29) is 12.4 Å². The van der Waals surface area contributed by atoms with Crippen molar-refractivity contribution in [1.82, 2.24) is 5.32 Å². The fourth-order valence-electron chi connectivity index (χ4n) is 2.11. The number of rotatable bonds is 3. The van der Waals surface area contributed by atoms with E-state index >= 15 is 0 Å². The van der Waals surface area contributed by atoms with Gasteiger partial charge in [0.15, 0.2) is 0 Å². The molecule has 1 N–H and O–H groups in total. The lowest BCUT2D eigenvalue weighted by atomic mass is 10.0. The molecule has 1 aromatic carbocycles. The monoisotopic (exact) mass is 321 g/mol. The summed E-state index contributed by atoms with van der Waals surface area (Å²) in [4.78, 5) is 0. The second kappa shape index (κ2) is 6.47. The molecule has 1 atom stereocenters. The van der Waals surface area contributed by atoms with Crippen LogP contribution in [0.4, 0.5) is 0 Å². The third kappa shape index (κ3) is 3.06. The van der Waals surface area contributed by atoms with Crippen LogP contribution in [0.5, 0.6) is 11.5 Å². The first-order valence-corrected chi connectivity index (χ1v) is 6.20. The van der Waals surface area contributed by atoms with Crippen LogP contribution in [0, 0.1) is 0 Å². The van der Waals surface area contributed by atoms with Gasteiger partial charge in [0.25, 0.3) is 0 Å². The van der Waals surface area contributed by atoms with Crippen LogP contribution in [0.15, 0.2) is 16.6 Å². The Morgan fingerprint density at radius 1 is 1.24 bits per heavy atom. The summed E-state index contributed by atoms with van der Waals surface area (Å²) in [5.74, 6) is 1.76. The fraction of sp³-hybridized carbons (Fsp3) is 0.500. The average Bonchev–Trinajstić information content (AvgIpc) is 2.82. The first-order valence-electron chi connectivity index (χ1n) is 5.41. The molecule has 1 aromatic rings. The van der Waals surface area contributed by atoms with Gasteiger partial charge in [0, 0.05) is 11.6 Å². The van der Waals surface area contributed by atoms with Gasteiger partial charge in [0.2, 0.25) is 0 Å². The topological polar surface area (TPSA) is 30.5 Å². The first-order chi connectivity index (χ1) is 7.76. The molecule has 0 bridgehead atoms. The van der Waals surface area contributed by atoms with Crippen molar-refractivity contribution in [1.29, 1.82) is 0 Å². The van der Waals surface area contributed by atoms with Crippen molar-refractivity contribution < 1.29 is 9.47 Å². The highest BCUT2D eigenvalue weighted by Gasteiger charge is 2.21. The molecule has 1 saturated heterocycles. The molecule has 5 heteroatoms. The molecule has 1 fully saturated rings. The molecule has 0 saturated carbocycles. The molecule has 0 radical (unpaired) electrons. The number of methoxy groups -OCH3 is 2. The van der Waals surface area contributed by atoms with Gasteiger partial charge in [-0.1, -0.05) is 0 Å². The van der Waals surface area contributed by atoms with E-state index < -0.39 is 0 Å². The lowest BCUT2D eigenvalue weighted by molar-refractivity contribution is 0.391. The maximum absolute atomic E-state index is 5.41. The highest BCUT2D eigenvalue weighted by atomic mass is 79.9. The van der Waals surface area contributed by atoms with Crippen LogP contribution in [0.1, 0.15) is 24.4 Å². The van der Waals surface area contributed by atoms with E-state index in [1.165, 1.54) is 12.0 Å². The predicted molar refractivity (Wildman–Crippen MR) is 74.5 cm³/mol. The molecule has 1 aliphatic heterocycles. The molecular formula is C12H17BrClNO2. The van der Waals surface area contributed by atoms with Gasteiger partial charge in [-0.25, -0.2) is 0 Å². The highest BCUT2D eigenvalue weighted by molar-refractivity contribution is 9.10. The maximum Gasteiger partial charge on any atom is 0.133 e. The van der Waals surface area contributed by atoms with Crippen molar-refractivity contribution in [3.8, 4) is 11.5 Å². The van der Waals surface area contributed by atoms with Crippen LogP contribution < -0.4 is 14.8 Å². The molecule has 17 heavy (non-hydrogen) atoms. The van der Waals surface area contributed by atoms with Crippen molar-refractivity contribution in [3.63, 3.8) is 0 Å². The van der Waals surface area contributed by atoms with Gasteiger partial charge in [-0.3, -0.25) is 0 Å². The number of ether oxygens (including phenoxy) is 2. The number of nitrogens with one attached hydrogen (secondary N) is 1. The zero-order valence-corrected chi connectivity index (χ0v) is 12.4. The summed E-state index contributed by atoms with van der Waals surface area (Å²) in [5.41, 5.74) is 1.18. The SMILES string of the molecule is COc1cc([C@H]2CCCN2)c(OC)cc1Br.Cl. The van der Waals surface area contributed by atoms with Crippen LogP contribution in [0.25, 0.3) is 0 Å². The van der Waals surface area contributed by atoms with Crippen molar-refractivity contribution in [2.24, 2.45) is 0 Å². The van der Waals surface area contributed by atoms with Gasteiger partial charge in [0.05, 0.1) is 18.7 Å². The molecule has 1 heterocycles. The second-order valence-corrected chi connectivity index (χ2v) is 4.73. The Hall–Kier alpha value is -0.450. The predicted octanol–water partition coefficient (Wildman–Crippen LogP) is 3.31.